The standard InChI is InChI=1S/C12H15NO2S/c14-12(15)9-3-1-4-10(7-9)13-8-11-5-2-6-16-11/h1,3-4,7,11,13H,2,5-6,8H2,(H,14,15). The highest BCUT2D eigenvalue weighted by Crippen LogP contribution is 2.26. The molecule has 1 fully saturated rings. The topological polar surface area (TPSA) is 49.3 Å². The SMILES string of the molecule is O=C(O)c1cccc(NCC2CCCS2)c1. The molecule has 1 saturated heterocycles. The molecule has 0 amide bonds. The van der Waals surface area contributed by atoms with E-state index in [0.717, 1.165) is 12.2 Å². The Hall–Kier alpha value is -1.16. The summed E-state index contributed by atoms with van der Waals surface area (Å²) in [4.78, 5) is 10.8. The van der Waals surface area contributed by atoms with Gasteiger partial charge in [-0.3, -0.25) is 0 Å². The lowest BCUT2D eigenvalue weighted by Crippen LogP contribution is -2.13. The number of carbonyl (C=O) groups is 1. The van der Waals surface area contributed by atoms with Crippen molar-refractivity contribution in [3.8, 4) is 0 Å². The summed E-state index contributed by atoms with van der Waals surface area (Å²) in [5.41, 5.74) is 1.23. The molecule has 16 heavy (non-hydrogen) atoms. The second-order valence-corrected chi connectivity index (χ2v) is 5.31. The van der Waals surface area contributed by atoms with Gasteiger partial charge in [-0.1, -0.05) is 6.07 Å². The third-order valence-electron chi connectivity index (χ3n) is 2.67. The van der Waals surface area contributed by atoms with E-state index in [2.05, 4.69) is 5.32 Å². The summed E-state index contributed by atoms with van der Waals surface area (Å²) in [5, 5.41) is 12.8. The predicted molar refractivity (Wildman–Crippen MR) is 67.4 cm³/mol. The van der Waals surface area contributed by atoms with E-state index in [4.69, 9.17) is 5.11 Å². The maximum Gasteiger partial charge on any atom is 0.335 e. The fourth-order valence-electron chi connectivity index (χ4n) is 1.80. The van der Waals surface area contributed by atoms with E-state index < -0.39 is 5.97 Å². The fraction of sp³-hybridized carbons (Fsp3) is 0.417. The number of aromatic carboxylic acids is 1. The van der Waals surface area contributed by atoms with E-state index in [1.807, 2.05) is 17.8 Å². The van der Waals surface area contributed by atoms with Gasteiger partial charge in [0.1, 0.15) is 0 Å². The van der Waals surface area contributed by atoms with Crippen molar-refractivity contribution in [2.24, 2.45) is 0 Å². The monoisotopic (exact) mass is 237 g/mol. The van der Waals surface area contributed by atoms with Gasteiger partial charge in [-0.2, -0.15) is 11.8 Å². The fourth-order valence-corrected chi connectivity index (χ4v) is 3.00. The highest BCUT2D eigenvalue weighted by Gasteiger charge is 2.14. The van der Waals surface area contributed by atoms with Crippen LogP contribution in [0.25, 0.3) is 0 Å². The van der Waals surface area contributed by atoms with E-state index in [1.54, 1.807) is 18.2 Å². The van der Waals surface area contributed by atoms with E-state index in [9.17, 15) is 4.79 Å². The maximum atomic E-state index is 10.8. The molecule has 0 bridgehead atoms. The molecule has 4 heteroatoms. The quantitative estimate of drug-likeness (QED) is 0.845. The summed E-state index contributed by atoms with van der Waals surface area (Å²) in [5.74, 6) is 0.375. The van der Waals surface area contributed by atoms with Crippen molar-refractivity contribution in [2.75, 3.05) is 17.6 Å². The van der Waals surface area contributed by atoms with Gasteiger partial charge >= 0.3 is 5.97 Å². The Morgan fingerprint density at radius 3 is 3.12 bits per heavy atom. The normalized spacial score (nSPS) is 19.6. The summed E-state index contributed by atoms with van der Waals surface area (Å²) in [6, 6.07) is 6.97. The Morgan fingerprint density at radius 1 is 1.56 bits per heavy atom. The van der Waals surface area contributed by atoms with Crippen LogP contribution in [0.5, 0.6) is 0 Å². The lowest BCUT2D eigenvalue weighted by atomic mass is 10.2. The number of hydrogen-bond acceptors (Lipinski definition) is 3. The van der Waals surface area contributed by atoms with Gasteiger partial charge < -0.3 is 10.4 Å². The van der Waals surface area contributed by atoms with Crippen molar-refractivity contribution < 1.29 is 9.90 Å². The molecule has 3 nitrogen and oxygen atoms in total. The van der Waals surface area contributed by atoms with Crippen molar-refractivity contribution in [1.29, 1.82) is 0 Å². The van der Waals surface area contributed by atoms with E-state index in [-0.39, 0.29) is 0 Å². The third kappa shape index (κ3) is 2.92. The van der Waals surface area contributed by atoms with Crippen LogP contribution >= 0.6 is 11.8 Å². The first kappa shape index (κ1) is 11.3. The number of rotatable bonds is 4. The Morgan fingerprint density at radius 2 is 2.44 bits per heavy atom. The smallest absolute Gasteiger partial charge is 0.335 e. The molecule has 1 atom stereocenters. The van der Waals surface area contributed by atoms with Crippen molar-refractivity contribution >= 4 is 23.4 Å². The van der Waals surface area contributed by atoms with Crippen LogP contribution in [-0.4, -0.2) is 28.6 Å². The molecule has 0 spiro atoms. The molecule has 86 valence electrons. The molecule has 1 aliphatic heterocycles. The Balaban J connectivity index is 1.93. The zero-order valence-electron chi connectivity index (χ0n) is 8.98. The summed E-state index contributed by atoms with van der Waals surface area (Å²) in [6.07, 6.45) is 2.56. The molecule has 1 aromatic carbocycles. The van der Waals surface area contributed by atoms with E-state index in [0.29, 0.717) is 10.8 Å². The second-order valence-electron chi connectivity index (χ2n) is 3.90. The highest BCUT2D eigenvalue weighted by molar-refractivity contribution is 8.00. The zero-order valence-corrected chi connectivity index (χ0v) is 9.80. The van der Waals surface area contributed by atoms with Crippen LogP contribution in [0, 0.1) is 0 Å². The lowest BCUT2D eigenvalue weighted by Gasteiger charge is -2.11. The van der Waals surface area contributed by atoms with Gasteiger partial charge in [-0.05, 0) is 36.8 Å². The minimum Gasteiger partial charge on any atom is -0.478 e. The van der Waals surface area contributed by atoms with Gasteiger partial charge in [0.15, 0.2) is 0 Å². The van der Waals surface area contributed by atoms with Crippen LogP contribution in [0.15, 0.2) is 24.3 Å². The van der Waals surface area contributed by atoms with Gasteiger partial charge in [0.25, 0.3) is 0 Å². The van der Waals surface area contributed by atoms with Crippen molar-refractivity contribution in [3.05, 3.63) is 29.8 Å². The Bertz CT molecular complexity index is 375. The number of thioether (sulfide) groups is 1. The number of benzene rings is 1. The molecular formula is C12H15NO2S. The van der Waals surface area contributed by atoms with Crippen molar-refractivity contribution in [2.45, 2.75) is 18.1 Å². The average molecular weight is 237 g/mol. The summed E-state index contributed by atoms with van der Waals surface area (Å²) in [7, 11) is 0. The molecule has 0 aromatic heterocycles. The largest absolute Gasteiger partial charge is 0.478 e. The third-order valence-corrected chi connectivity index (χ3v) is 4.07. The minimum absolute atomic E-state index is 0.337. The first-order valence-electron chi connectivity index (χ1n) is 5.44. The van der Waals surface area contributed by atoms with Crippen molar-refractivity contribution in [3.63, 3.8) is 0 Å². The van der Waals surface area contributed by atoms with Crippen LogP contribution in [-0.2, 0) is 0 Å². The maximum absolute atomic E-state index is 10.8. The number of anilines is 1. The van der Waals surface area contributed by atoms with Gasteiger partial charge in [0.05, 0.1) is 5.56 Å². The molecule has 1 heterocycles. The van der Waals surface area contributed by atoms with Crippen LogP contribution in [0.2, 0.25) is 0 Å². The molecule has 1 aromatic rings. The first-order chi connectivity index (χ1) is 7.75. The molecular weight excluding hydrogens is 222 g/mol. The number of hydrogen-bond donors (Lipinski definition) is 2. The van der Waals surface area contributed by atoms with Gasteiger partial charge in [-0.15, -0.1) is 0 Å². The van der Waals surface area contributed by atoms with E-state index in [1.165, 1.54) is 18.6 Å². The zero-order chi connectivity index (χ0) is 11.4. The molecule has 0 radical (unpaired) electrons. The summed E-state index contributed by atoms with van der Waals surface area (Å²) in [6.45, 7) is 0.924. The molecule has 2 N–H and O–H groups in total. The summed E-state index contributed by atoms with van der Waals surface area (Å²) < 4.78 is 0. The van der Waals surface area contributed by atoms with E-state index >= 15 is 0 Å². The Kier molecular flexibility index (Phi) is 3.72. The minimum atomic E-state index is -0.876. The van der Waals surface area contributed by atoms with Crippen LogP contribution in [0.4, 0.5) is 5.69 Å². The van der Waals surface area contributed by atoms with Crippen LogP contribution in [0.3, 0.4) is 0 Å². The number of carboxylic acid groups (broad SMARTS) is 1. The Labute approximate surface area is 99.2 Å². The van der Waals surface area contributed by atoms with Crippen LogP contribution in [0.1, 0.15) is 23.2 Å². The predicted octanol–water partition coefficient (Wildman–Crippen LogP) is 2.69. The second kappa shape index (κ2) is 5.25. The van der Waals surface area contributed by atoms with Gasteiger partial charge in [-0.25, -0.2) is 4.79 Å². The molecule has 2 rings (SSSR count). The highest BCUT2D eigenvalue weighted by atomic mass is 32.2. The number of nitrogens with one attached hydrogen (secondary N) is 1. The van der Waals surface area contributed by atoms with Crippen LogP contribution < -0.4 is 5.32 Å². The lowest BCUT2D eigenvalue weighted by molar-refractivity contribution is 0.0697. The molecule has 1 aliphatic rings. The average Bonchev–Trinajstić information content (AvgIpc) is 2.79. The molecule has 0 aliphatic carbocycles. The molecule has 1 unspecified atom stereocenters. The summed E-state index contributed by atoms with van der Waals surface area (Å²) >= 11 is 1.99. The van der Waals surface area contributed by atoms with Crippen molar-refractivity contribution in [1.82, 2.24) is 0 Å². The number of carboxylic acids is 1. The molecule has 0 saturated carbocycles. The van der Waals surface area contributed by atoms with Gasteiger partial charge in [0.2, 0.25) is 0 Å². The first-order valence-corrected chi connectivity index (χ1v) is 6.49. The van der Waals surface area contributed by atoms with Gasteiger partial charge in [0, 0.05) is 17.5 Å².